The van der Waals surface area contributed by atoms with Gasteiger partial charge in [0.15, 0.2) is 0 Å². The van der Waals surface area contributed by atoms with Gasteiger partial charge in [0.1, 0.15) is 0 Å². The summed E-state index contributed by atoms with van der Waals surface area (Å²) < 4.78 is 7.10. The van der Waals surface area contributed by atoms with Gasteiger partial charge in [0.05, 0.1) is 12.1 Å². The van der Waals surface area contributed by atoms with Crippen molar-refractivity contribution in [1.82, 2.24) is 0 Å². The quantitative estimate of drug-likeness (QED) is 0.851. The number of fused-ring (bicyclic) bond motifs is 1. The molecule has 0 saturated carbocycles. The normalized spacial score (nSPS) is 14.8. The molecule has 3 heteroatoms. The van der Waals surface area contributed by atoms with Crippen molar-refractivity contribution in [1.29, 1.82) is 0 Å². The van der Waals surface area contributed by atoms with Crippen molar-refractivity contribution in [3.05, 3.63) is 35.2 Å². The van der Waals surface area contributed by atoms with E-state index in [9.17, 15) is 0 Å². The highest BCUT2D eigenvalue weighted by Crippen LogP contribution is 2.31. The third-order valence-electron chi connectivity index (χ3n) is 3.22. The Morgan fingerprint density at radius 1 is 1.28 bits per heavy atom. The highest BCUT2D eigenvalue weighted by atomic mass is 32.1. The molecule has 2 nitrogen and oxygen atoms in total. The molecule has 0 radical (unpaired) electrons. The van der Waals surface area contributed by atoms with Gasteiger partial charge in [-0.05, 0) is 35.7 Å². The average Bonchev–Trinajstić information content (AvgIpc) is 2.85. The molecule has 0 amide bonds. The first-order valence-corrected chi connectivity index (χ1v) is 7.49. The summed E-state index contributed by atoms with van der Waals surface area (Å²) in [4.78, 5) is 0. The van der Waals surface area contributed by atoms with Crippen molar-refractivity contribution in [2.45, 2.75) is 38.8 Å². The molecule has 0 aliphatic heterocycles. The van der Waals surface area contributed by atoms with Crippen LogP contribution in [0.1, 0.15) is 38.3 Å². The summed E-state index contributed by atoms with van der Waals surface area (Å²) in [5, 5.41) is 3.40. The van der Waals surface area contributed by atoms with Gasteiger partial charge in [0, 0.05) is 11.3 Å². The monoisotopic (exact) mass is 263 g/mol. The van der Waals surface area contributed by atoms with Crippen LogP contribution >= 0.6 is 11.3 Å². The topological polar surface area (TPSA) is 35.2 Å². The fourth-order valence-electron chi connectivity index (χ4n) is 2.34. The molecule has 2 aromatic rings. The Labute approximate surface area is 113 Å². The largest absolute Gasteiger partial charge is 0.377 e. The first-order valence-electron chi connectivity index (χ1n) is 6.61. The van der Waals surface area contributed by atoms with Gasteiger partial charge in [-0.3, -0.25) is 0 Å². The molecular weight excluding hydrogens is 242 g/mol. The second kappa shape index (κ2) is 6.32. The van der Waals surface area contributed by atoms with Crippen molar-refractivity contribution >= 4 is 21.4 Å². The zero-order valence-corrected chi connectivity index (χ0v) is 11.9. The van der Waals surface area contributed by atoms with Crippen LogP contribution in [-0.2, 0) is 4.74 Å². The van der Waals surface area contributed by atoms with Crippen molar-refractivity contribution in [2.24, 2.45) is 5.73 Å². The van der Waals surface area contributed by atoms with E-state index in [0.29, 0.717) is 0 Å². The molecule has 0 fully saturated rings. The van der Waals surface area contributed by atoms with Gasteiger partial charge in [0.25, 0.3) is 0 Å². The molecule has 98 valence electrons. The molecule has 1 heterocycles. The van der Waals surface area contributed by atoms with E-state index < -0.39 is 0 Å². The number of benzene rings is 1. The van der Waals surface area contributed by atoms with E-state index in [2.05, 4.69) is 36.6 Å². The average molecular weight is 263 g/mol. The minimum absolute atomic E-state index is 0.0350. The Morgan fingerprint density at radius 3 is 2.83 bits per heavy atom. The van der Waals surface area contributed by atoms with Crippen LogP contribution in [0.15, 0.2) is 29.6 Å². The van der Waals surface area contributed by atoms with Gasteiger partial charge in [-0.25, -0.2) is 0 Å². The molecule has 0 spiro atoms. The molecule has 18 heavy (non-hydrogen) atoms. The molecule has 1 aromatic carbocycles. The Bertz CT molecular complexity index is 488. The Hall–Kier alpha value is -0.900. The van der Waals surface area contributed by atoms with Gasteiger partial charge >= 0.3 is 0 Å². The summed E-state index contributed by atoms with van der Waals surface area (Å²) in [6.07, 6.45) is 2.22. The summed E-state index contributed by atoms with van der Waals surface area (Å²) in [5.74, 6) is 0. The van der Waals surface area contributed by atoms with Gasteiger partial charge < -0.3 is 10.5 Å². The summed E-state index contributed by atoms with van der Waals surface area (Å²) in [6, 6.07) is 8.46. The number of rotatable bonds is 6. The molecule has 0 bridgehead atoms. The smallest absolute Gasteiger partial charge is 0.0767 e. The highest BCUT2D eigenvalue weighted by molar-refractivity contribution is 7.17. The molecule has 1 aromatic heterocycles. The van der Waals surface area contributed by atoms with Gasteiger partial charge in [0.2, 0.25) is 0 Å². The first-order chi connectivity index (χ1) is 8.77. The lowest BCUT2D eigenvalue weighted by molar-refractivity contribution is 0.0378. The van der Waals surface area contributed by atoms with Gasteiger partial charge in [-0.2, -0.15) is 0 Å². The maximum absolute atomic E-state index is 6.42. The molecule has 0 saturated heterocycles. The van der Waals surface area contributed by atoms with Crippen LogP contribution in [0.4, 0.5) is 0 Å². The number of thiophene rings is 1. The van der Waals surface area contributed by atoms with E-state index in [1.165, 1.54) is 15.6 Å². The van der Waals surface area contributed by atoms with Crippen molar-refractivity contribution in [2.75, 3.05) is 6.61 Å². The van der Waals surface area contributed by atoms with Crippen molar-refractivity contribution in [3.8, 4) is 0 Å². The molecule has 0 aliphatic rings. The number of hydrogen-bond donors (Lipinski definition) is 1. The number of nitrogens with two attached hydrogens (primary N) is 1. The highest BCUT2D eigenvalue weighted by Gasteiger charge is 2.21. The first kappa shape index (κ1) is 13.5. The lowest BCUT2D eigenvalue weighted by Crippen LogP contribution is -2.29. The third kappa shape index (κ3) is 2.74. The summed E-state index contributed by atoms with van der Waals surface area (Å²) in [5.41, 5.74) is 7.64. The van der Waals surface area contributed by atoms with Crippen LogP contribution in [0, 0.1) is 0 Å². The van der Waals surface area contributed by atoms with Gasteiger partial charge in [-0.1, -0.05) is 31.5 Å². The molecular formula is C15H21NOS. The lowest BCUT2D eigenvalue weighted by atomic mass is 9.98. The van der Waals surface area contributed by atoms with E-state index in [1.54, 1.807) is 11.3 Å². The molecule has 2 N–H and O–H groups in total. The van der Waals surface area contributed by atoms with Crippen LogP contribution in [0.3, 0.4) is 0 Å². The van der Waals surface area contributed by atoms with Crippen molar-refractivity contribution in [3.63, 3.8) is 0 Å². The standard InChI is InChI=1S/C15H21NOS/c1-3-6-13(17-4-2)14(16)12-8-5-7-11-9-10-18-15(11)12/h5,7-10,13-14H,3-4,6,16H2,1-2H3. The zero-order chi connectivity index (χ0) is 13.0. The number of hydrogen-bond acceptors (Lipinski definition) is 3. The third-order valence-corrected chi connectivity index (χ3v) is 4.20. The maximum Gasteiger partial charge on any atom is 0.0767 e. The van der Waals surface area contributed by atoms with E-state index in [4.69, 9.17) is 10.5 Å². The number of ether oxygens (including phenoxy) is 1. The van der Waals surface area contributed by atoms with E-state index in [0.717, 1.165) is 19.4 Å². The van der Waals surface area contributed by atoms with Gasteiger partial charge in [-0.15, -0.1) is 11.3 Å². The fourth-order valence-corrected chi connectivity index (χ4v) is 3.31. The predicted molar refractivity (Wildman–Crippen MR) is 79.1 cm³/mol. The Kier molecular flexibility index (Phi) is 4.75. The lowest BCUT2D eigenvalue weighted by Gasteiger charge is -2.24. The SMILES string of the molecule is CCCC(OCC)C(N)c1cccc2ccsc12. The zero-order valence-electron chi connectivity index (χ0n) is 11.1. The summed E-state index contributed by atoms with van der Waals surface area (Å²) in [7, 11) is 0. The molecule has 2 rings (SSSR count). The van der Waals surface area contributed by atoms with Crippen LogP contribution in [0.5, 0.6) is 0 Å². The van der Waals surface area contributed by atoms with E-state index >= 15 is 0 Å². The summed E-state index contributed by atoms with van der Waals surface area (Å²) in [6.45, 7) is 4.92. The second-order valence-electron chi connectivity index (χ2n) is 4.49. The Morgan fingerprint density at radius 2 is 2.11 bits per heavy atom. The van der Waals surface area contributed by atoms with E-state index in [-0.39, 0.29) is 12.1 Å². The Balaban J connectivity index is 2.30. The second-order valence-corrected chi connectivity index (χ2v) is 5.41. The predicted octanol–water partition coefficient (Wildman–Crippen LogP) is 4.11. The minimum atomic E-state index is -0.0350. The van der Waals surface area contributed by atoms with E-state index in [1.807, 2.05) is 6.92 Å². The van der Waals surface area contributed by atoms with Crippen LogP contribution in [-0.4, -0.2) is 12.7 Å². The molecule has 0 aliphatic carbocycles. The molecule has 2 atom stereocenters. The van der Waals surface area contributed by atoms with Crippen LogP contribution in [0.25, 0.3) is 10.1 Å². The fraction of sp³-hybridized carbons (Fsp3) is 0.467. The van der Waals surface area contributed by atoms with Crippen LogP contribution in [0.2, 0.25) is 0 Å². The minimum Gasteiger partial charge on any atom is -0.377 e. The molecule has 2 unspecified atom stereocenters. The van der Waals surface area contributed by atoms with Crippen LogP contribution < -0.4 is 5.73 Å². The van der Waals surface area contributed by atoms with Crippen molar-refractivity contribution < 1.29 is 4.74 Å². The maximum atomic E-state index is 6.42. The summed E-state index contributed by atoms with van der Waals surface area (Å²) >= 11 is 1.76.